The smallest absolute Gasteiger partial charge is 0.254 e. The largest absolute Gasteiger partial charge is 0.396 e. The van der Waals surface area contributed by atoms with E-state index in [-0.39, 0.29) is 11.3 Å². The van der Waals surface area contributed by atoms with Crippen LogP contribution in [0.2, 0.25) is 0 Å². The van der Waals surface area contributed by atoms with Crippen LogP contribution in [0.15, 0.2) is 12.1 Å². The summed E-state index contributed by atoms with van der Waals surface area (Å²) in [6.07, 6.45) is 0. The molecule has 1 heterocycles. The van der Waals surface area contributed by atoms with E-state index < -0.39 is 17.5 Å². The summed E-state index contributed by atoms with van der Waals surface area (Å²) < 4.78 is 26.8. The SMILES string of the molecule is Nc1cc(F)cc(C(=O)NCCN2CCSCC2)c1F. The lowest BCUT2D eigenvalue weighted by Crippen LogP contribution is -2.39. The van der Waals surface area contributed by atoms with Crippen LogP contribution in [0.1, 0.15) is 10.4 Å². The maximum Gasteiger partial charge on any atom is 0.254 e. The number of thioether (sulfide) groups is 1. The van der Waals surface area contributed by atoms with Gasteiger partial charge in [-0.05, 0) is 12.1 Å². The van der Waals surface area contributed by atoms with E-state index in [1.807, 2.05) is 11.8 Å². The predicted molar refractivity (Wildman–Crippen MR) is 76.9 cm³/mol. The Morgan fingerprint density at radius 3 is 2.75 bits per heavy atom. The van der Waals surface area contributed by atoms with E-state index in [4.69, 9.17) is 5.73 Å². The number of halogens is 2. The summed E-state index contributed by atoms with van der Waals surface area (Å²) >= 11 is 1.91. The van der Waals surface area contributed by atoms with Gasteiger partial charge < -0.3 is 11.1 Å². The van der Waals surface area contributed by atoms with Gasteiger partial charge in [-0.3, -0.25) is 9.69 Å². The molecule has 1 aliphatic heterocycles. The third kappa shape index (κ3) is 3.83. The number of rotatable bonds is 4. The van der Waals surface area contributed by atoms with Crippen LogP contribution in [0.5, 0.6) is 0 Å². The molecule has 110 valence electrons. The molecule has 1 aromatic carbocycles. The van der Waals surface area contributed by atoms with E-state index in [9.17, 15) is 13.6 Å². The molecule has 0 unspecified atom stereocenters. The van der Waals surface area contributed by atoms with Gasteiger partial charge in [-0.2, -0.15) is 11.8 Å². The number of amides is 1. The number of hydrogen-bond donors (Lipinski definition) is 2. The van der Waals surface area contributed by atoms with Gasteiger partial charge in [0.2, 0.25) is 0 Å². The molecule has 3 N–H and O–H groups in total. The van der Waals surface area contributed by atoms with Gasteiger partial charge >= 0.3 is 0 Å². The highest BCUT2D eigenvalue weighted by atomic mass is 32.2. The van der Waals surface area contributed by atoms with Crippen molar-refractivity contribution in [2.24, 2.45) is 0 Å². The van der Waals surface area contributed by atoms with Gasteiger partial charge in [-0.1, -0.05) is 0 Å². The van der Waals surface area contributed by atoms with E-state index in [1.165, 1.54) is 0 Å². The predicted octanol–water partition coefficient (Wildman–Crippen LogP) is 1.33. The van der Waals surface area contributed by atoms with Crippen molar-refractivity contribution in [3.05, 3.63) is 29.3 Å². The van der Waals surface area contributed by atoms with E-state index in [1.54, 1.807) is 0 Å². The highest BCUT2D eigenvalue weighted by molar-refractivity contribution is 7.99. The fourth-order valence-corrected chi connectivity index (χ4v) is 3.00. The number of anilines is 1. The zero-order valence-corrected chi connectivity index (χ0v) is 11.8. The van der Waals surface area contributed by atoms with Crippen molar-refractivity contribution < 1.29 is 13.6 Å². The maximum atomic E-state index is 13.6. The molecular formula is C13H17F2N3OS. The average molecular weight is 301 g/mol. The number of benzene rings is 1. The van der Waals surface area contributed by atoms with Crippen molar-refractivity contribution in [2.45, 2.75) is 0 Å². The first-order valence-corrected chi connectivity index (χ1v) is 7.56. The molecule has 1 amide bonds. The van der Waals surface area contributed by atoms with E-state index in [0.717, 1.165) is 36.7 Å². The van der Waals surface area contributed by atoms with Gasteiger partial charge in [0, 0.05) is 37.7 Å². The molecule has 1 aliphatic rings. The van der Waals surface area contributed by atoms with Crippen LogP contribution in [-0.4, -0.2) is 48.5 Å². The summed E-state index contributed by atoms with van der Waals surface area (Å²) in [5.41, 5.74) is 4.59. The standard InChI is InChI=1S/C13H17F2N3OS/c14-9-7-10(12(15)11(16)8-9)13(19)17-1-2-18-3-5-20-6-4-18/h7-8H,1-6,16H2,(H,17,19). The summed E-state index contributed by atoms with van der Waals surface area (Å²) in [6.45, 7) is 3.09. The highest BCUT2D eigenvalue weighted by Gasteiger charge is 2.16. The quantitative estimate of drug-likeness (QED) is 0.824. The molecule has 7 heteroatoms. The molecule has 2 rings (SSSR count). The zero-order chi connectivity index (χ0) is 14.5. The van der Waals surface area contributed by atoms with Crippen molar-refractivity contribution in [3.8, 4) is 0 Å². The first-order valence-electron chi connectivity index (χ1n) is 6.41. The number of nitrogen functional groups attached to an aromatic ring is 1. The van der Waals surface area contributed by atoms with Crippen molar-refractivity contribution in [3.63, 3.8) is 0 Å². The molecular weight excluding hydrogens is 284 g/mol. The van der Waals surface area contributed by atoms with Gasteiger partial charge in [-0.15, -0.1) is 0 Å². The van der Waals surface area contributed by atoms with Crippen LogP contribution in [0, 0.1) is 11.6 Å². The van der Waals surface area contributed by atoms with Crippen LogP contribution < -0.4 is 11.1 Å². The summed E-state index contributed by atoms with van der Waals surface area (Å²) in [5.74, 6) is -0.0631. The van der Waals surface area contributed by atoms with Gasteiger partial charge in [0.15, 0.2) is 5.82 Å². The minimum atomic E-state index is -0.877. The zero-order valence-electron chi connectivity index (χ0n) is 11.0. The van der Waals surface area contributed by atoms with Crippen molar-refractivity contribution >= 4 is 23.4 Å². The lowest BCUT2D eigenvalue weighted by atomic mass is 10.1. The molecule has 1 fully saturated rings. The van der Waals surface area contributed by atoms with Gasteiger partial charge in [-0.25, -0.2) is 8.78 Å². The summed E-state index contributed by atoms with van der Waals surface area (Å²) in [5, 5.41) is 2.59. The molecule has 0 bridgehead atoms. The third-order valence-corrected chi connectivity index (χ3v) is 4.07. The molecule has 0 atom stereocenters. The summed E-state index contributed by atoms with van der Waals surface area (Å²) in [7, 11) is 0. The van der Waals surface area contributed by atoms with E-state index >= 15 is 0 Å². The number of nitrogens with one attached hydrogen (secondary N) is 1. The highest BCUT2D eigenvalue weighted by Crippen LogP contribution is 2.17. The van der Waals surface area contributed by atoms with Crippen molar-refractivity contribution in [1.82, 2.24) is 10.2 Å². The molecule has 20 heavy (non-hydrogen) atoms. The first kappa shape index (κ1) is 15.1. The number of nitrogens with two attached hydrogens (primary N) is 1. The minimum absolute atomic E-state index is 0.350. The number of nitrogens with zero attached hydrogens (tertiary/aromatic N) is 1. The Bertz CT molecular complexity index is 493. The molecule has 1 saturated heterocycles. The number of carbonyl (C=O) groups is 1. The number of hydrogen-bond acceptors (Lipinski definition) is 4. The monoisotopic (exact) mass is 301 g/mol. The van der Waals surface area contributed by atoms with Gasteiger partial charge in [0.05, 0.1) is 11.3 Å². The van der Waals surface area contributed by atoms with E-state index in [2.05, 4.69) is 10.2 Å². The molecule has 1 aromatic rings. The fourth-order valence-electron chi connectivity index (χ4n) is 2.02. The molecule has 0 radical (unpaired) electrons. The summed E-state index contributed by atoms with van der Waals surface area (Å²) in [4.78, 5) is 14.0. The second-order valence-electron chi connectivity index (χ2n) is 4.57. The van der Waals surface area contributed by atoms with Crippen LogP contribution in [-0.2, 0) is 0 Å². The Hall–Kier alpha value is -1.34. The van der Waals surface area contributed by atoms with Crippen LogP contribution in [0.25, 0.3) is 0 Å². The molecule has 0 aliphatic carbocycles. The Morgan fingerprint density at radius 1 is 1.35 bits per heavy atom. The Labute approximate surface area is 120 Å². The van der Waals surface area contributed by atoms with Gasteiger partial charge in [0.25, 0.3) is 5.91 Å². The van der Waals surface area contributed by atoms with E-state index in [0.29, 0.717) is 13.1 Å². The normalized spacial score (nSPS) is 16.1. The molecule has 0 spiro atoms. The lowest BCUT2D eigenvalue weighted by Gasteiger charge is -2.26. The Kier molecular flexibility index (Phi) is 5.19. The fraction of sp³-hybridized carbons (Fsp3) is 0.462. The molecule has 4 nitrogen and oxygen atoms in total. The maximum absolute atomic E-state index is 13.6. The van der Waals surface area contributed by atoms with Crippen LogP contribution in [0.4, 0.5) is 14.5 Å². The third-order valence-electron chi connectivity index (χ3n) is 3.13. The van der Waals surface area contributed by atoms with Gasteiger partial charge in [0.1, 0.15) is 5.82 Å². The molecule has 0 saturated carbocycles. The van der Waals surface area contributed by atoms with Crippen molar-refractivity contribution in [1.29, 1.82) is 0 Å². The Morgan fingerprint density at radius 2 is 2.05 bits per heavy atom. The lowest BCUT2D eigenvalue weighted by molar-refractivity contribution is 0.0944. The average Bonchev–Trinajstić information content (AvgIpc) is 2.44. The first-order chi connectivity index (χ1) is 9.58. The Balaban J connectivity index is 1.88. The summed E-state index contributed by atoms with van der Waals surface area (Å²) in [6, 6.07) is 1.72. The second kappa shape index (κ2) is 6.90. The van der Waals surface area contributed by atoms with Crippen molar-refractivity contribution in [2.75, 3.05) is 43.4 Å². The van der Waals surface area contributed by atoms with Crippen LogP contribution in [0.3, 0.4) is 0 Å². The topological polar surface area (TPSA) is 58.4 Å². The number of carbonyl (C=O) groups excluding carboxylic acids is 1. The van der Waals surface area contributed by atoms with Crippen LogP contribution >= 0.6 is 11.8 Å². The second-order valence-corrected chi connectivity index (χ2v) is 5.79. The molecule has 0 aromatic heterocycles. The minimum Gasteiger partial charge on any atom is -0.396 e.